The monoisotopic (exact) mass is 278 g/mol. The van der Waals surface area contributed by atoms with Gasteiger partial charge in [0, 0.05) is 18.8 Å². The first-order valence-corrected chi connectivity index (χ1v) is 5.98. The van der Waals surface area contributed by atoms with E-state index in [0.717, 1.165) is 0 Å². The first kappa shape index (κ1) is 19.3. The van der Waals surface area contributed by atoms with Gasteiger partial charge in [-0.05, 0) is 6.42 Å². The number of ether oxygens (including phenoxy) is 1. The van der Waals surface area contributed by atoms with Gasteiger partial charge in [0.25, 0.3) is 0 Å². The van der Waals surface area contributed by atoms with Crippen LogP contribution in [0.5, 0.6) is 0 Å². The Morgan fingerprint density at radius 1 is 1.31 bits per heavy atom. The molecule has 0 amide bonds. The minimum atomic E-state index is -4.24. The van der Waals surface area contributed by atoms with Crippen LogP contribution in [-0.4, -0.2) is 44.4 Å². The van der Waals surface area contributed by atoms with E-state index in [4.69, 9.17) is 11.5 Å². The topological polar surface area (TPSA) is 136 Å². The van der Waals surface area contributed by atoms with Gasteiger partial charge in [-0.3, -0.25) is 4.79 Å². The van der Waals surface area contributed by atoms with Gasteiger partial charge >= 0.3 is 57.4 Å². The Morgan fingerprint density at radius 2 is 1.81 bits per heavy atom. The zero-order valence-electron chi connectivity index (χ0n) is 9.22. The van der Waals surface area contributed by atoms with E-state index in [1.54, 1.807) is 0 Å². The van der Waals surface area contributed by atoms with Gasteiger partial charge in [0.2, 0.25) is 0 Å². The summed E-state index contributed by atoms with van der Waals surface area (Å²) in [6, 6.07) is 0. The van der Waals surface area contributed by atoms with Crippen LogP contribution in [0, 0.1) is 5.92 Å². The second-order valence-electron chi connectivity index (χ2n) is 2.95. The van der Waals surface area contributed by atoms with Crippen molar-refractivity contribution in [3.63, 3.8) is 0 Å². The second-order valence-corrected chi connectivity index (χ2v) is 4.47. The molecule has 0 heterocycles. The molecule has 4 N–H and O–H groups in total. The third-order valence-corrected chi connectivity index (χ3v) is 2.47. The number of esters is 1. The molecule has 0 aliphatic heterocycles. The molecule has 0 aromatic carbocycles. The fraction of sp³-hybridized carbons (Fsp3) is 0.857. The molecule has 0 saturated carbocycles. The number of hydrogen-bond acceptors (Lipinski definition) is 7. The first-order valence-electron chi connectivity index (χ1n) is 4.41. The van der Waals surface area contributed by atoms with Gasteiger partial charge in [-0.15, -0.1) is 0 Å². The van der Waals surface area contributed by atoms with Crippen LogP contribution in [0.3, 0.4) is 0 Å². The summed E-state index contributed by atoms with van der Waals surface area (Å²) in [5.41, 5.74) is 10.5. The van der Waals surface area contributed by atoms with Crippen LogP contribution in [0.15, 0.2) is 0 Å². The Bertz CT molecular complexity index is 291. The Morgan fingerprint density at radius 3 is 2.19 bits per heavy atom. The van der Waals surface area contributed by atoms with Crippen molar-refractivity contribution in [2.45, 2.75) is 6.42 Å². The van der Waals surface area contributed by atoms with Crippen molar-refractivity contribution < 1.29 is 73.9 Å². The molecule has 0 aromatic heterocycles. The van der Waals surface area contributed by atoms with Gasteiger partial charge in [-0.25, -0.2) is 8.42 Å². The van der Waals surface area contributed by atoms with Crippen LogP contribution in [-0.2, 0) is 19.6 Å². The number of carbonyl (C=O) groups excluding carboxylic acids is 1. The van der Waals surface area contributed by atoms with Crippen molar-refractivity contribution in [3.8, 4) is 0 Å². The average Bonchev–Trinajstić information content (AvgIpc) is 2.13. The van der Waals surface area contributed by atoms with Crippen molar-refractivity contribution in [1.82, 2.24) is 0 Å². The average molecular weight is 278 g/mol. The summed E-state index contributed by atoms with van der Waals surface area (Å²) < 4.78 is 35.2. The largest absolute Gasteiger partial charge is 1.00 e. The Labute approximate surface area is 137 Å². The number of nitrogens with two attached hydrogens (primary N) is 2. The molecule has 9 heteroatoms. The molecule has 0 atom stereocenters. The van der Waals surface area contributed by atoms with Crippen LogP contribution >= 0.6 is 0 Å². The molecule has 0 radical (unpaired) electrons. The van der Waals surface area contributed by atoms with Crippen molar-refractivity contribution in [1.29, 1.82) is 0 Å². The summed E-state index contributed by atoms with van der Waals surface area (Å²) in [6.45, 7) is 0.0428. The van der Waals surface area contributed by atoms with Crippen LogP contribution in [0.25, 0.3) is 0 Å². The maximum atomic E-state index is 11.1. The summed E-state index contributed by atoms with van der Waals surface area (Å²) in [7, 11) is -4.24. The Balaban J connectivity index is 0. The van der Waals surface area contributed by atoms with Crippen molar-refractivity contribution >= 4 is 16.1 Å². The predicted molar refractivity (Wildman–Crippen MR) is 51.7 cm³/mol. The molecule has 0 spiro atoms. The van der Waals surface area contributed by atoms with E-state index in [0.29, 0.717) is 0 Å². The summed E-state index contributed by atoms with van der Waals surface area (Å²) in [6.07, 6.45) is -0.0144. The zero-order chi connectivity index (χ0) is 11.9. The van der Waals surface area contributed by atoms with E-state index in [1.807, 2.05) is 0 Å². The van der Waals surface area contributed by atoms with Crippen molar-refractivity contribution in [2.75, 3.05) is 25.4 Å². The van der Waals surface area contributed by atoms with Gasteiger partial charge in [-0.1, -0.05) is 0 Å². The standard InChI is InChI=1S/C7H16N2O5S.K/c8-4-6(5-9)7(10)14-2-1-3-15(11,12)13;/h6H,1-5,8-9H2,(H,11,12,13);/q;+1/p-1. The maximum Gasteiger partial charge on any atom is 1.00 e. The Kier molecular flexibility index (Phi) is 11.9. The van der Waals surface area contributed by atoms with E-state index < -0.39 is 27.8 Å². The molecule has 0 fully saturated rings. The second kappa shape index (κ2) is 9.91. The first-order chi connectivity index (χ1) is 6.90. The van der Waals surface area contributed by atoms with E-state index >= 15 is 0 Å². The molecular weight excluding hydrogens is 263 g/mol. The van der Waals surface area contributed by atoms with E-state index in [-0.39, 0.29) is 77.5 Å². The third-order valence-electron chi connectivity index (χ3n) is 1.69. The molecule has 0 rings (SSSR count). The van der Waals surface area contributed by atoms with Crippen LogP contribution in [0.1, 0.15) is 6.42 Å². The minimum absolute atomic E-state index is 0. The van der Waals surface area contributed by atoms with Crippen LogP contribution in [0.2, 0.25) is 0 Å². The molecule has 0 unspecified atom stereocenters. The SMILES string of the molecule is NCC(CN)C(=O)OCCCS(=O)(=O)[O-].[K+]. The maximum absolute atomic E-state index is 11.1. The molecule has 90 valence electrons. The smallest absolute Gasteiger partial charge is 0.748 e. The van der Waals surface area contributed by atoms with Gasteiger partial charge in [0.15, 0.2) is 0 Å². The number of hydrogen-bond donors (Lipinski definition) is 2. The molecule has 16 heavy (non-hydrogen) atoms. The van der Waals surface area contributed by atoms with E-state index in [2.05, 4.69) is 4.74 Å². The molecule has 7 nitrogen and oxygen atoms in total. The van der Waals surface area contributed by atoms with Gasteiger partial charge in [-0.2, -0.15) is 0 Å². The van der Waals surface area contributed by atoms with Crippen LogP contribution < -0.4 is 62.9 Å². The molecule has 0 saturated heterocycles. The summed E-state index contributed by atoms with van der Waals surface area (Å²) in [5.74, 6) is -1.69. The molecule has 0 bridgehead atoms. The Hall–Kier alpha value is 0.936. The minimum Gasteiger partial charge on any atom is -0.748 e. The van der Waals surface area contributed by atoms with Crippen molar-refractivity contribution in [2.24, 2.45) is 17.4 Å². The molecule has 0 aliphatic carbocycles. The van der Waals surface area contributed by atoms with Gasteiger partial charge in [0.1, 0.15) is 0 Å². The summed E-state index contributed by atoms with van der Waals surface area (Å²) in [4.78, 5) is 11.1. The summed E-state index contributed by atoms with van der Waals surface area (Å²) >= 11 is 0. The van der Waals surface area contributed by atoms with E-state index in [1.165, 1.54) is 0 Å². The van der Waals surface area contributed by atoms with E-state index in [9.17, 15) is 17.8 Å². The molecule has 0 aromatic rings. The van der Waals surface area contributed by atoms with Gasteiger partial charge < -0.3 is 20.8 Å². The fourth-order valence-corrected chi connectivity index (χ4v) is 1.29. The fourth-order valence-electron chi connectivity index (χ4n) is 0.815. The zero-order valence-corrected chi connectivity index (χ0v) is 13.2. The normalized spacial score (nSPS) is 11.0. The van der Waals surface area contributed by atoms with Crippen molar-refractivity contribution in [3.05, 3.63) is 0 Å². The summed E-state index contributed by atoms with van der Waals surface area (Å²) in [5, 5.41) is 0. The molecule has 0 aliphatic rings. The third kappa shape index (κ3) is 10.1. The van der Waals surface area contributed by atoms with Gasteiger partial charge in [0.05, 0.1) is 22.6 Å². The number of carbonyl (C=O) groups is 1. The predicted octanol–water partition coefficient (Wildman–Crippen LogP) is -5.00. The number of rotatable bonds is 7. The van der Waals surface area contributed by atoms with Crippen LogP contribution in [0.4, 0.5) is 0 Å². The molecular formula is C7H15KN2O5S. The quantitative estimate of drug-likeness (QED) is 0.206.